The predicted molar refractivity (Wildman–Crippen MR) is 96.8 cm³/mol. The molecule has 0 spiro atoms. The van der Waals surface area contributed by atoms with Gasteiger partial charge in [-0.05, 0) is 45.2 Å². The number of aryl methyl sites for hydroxylation is 1. The highest BCUT2D eigenvalue weighted by Crippen LogP contribution is 2.36. The van der Waals surface area contributed by atoms with Crippen LogP contribution in [0.2, 0.25) is 0 Å². The molecular weight excluding hydrogens is 320 g/mol. The minimum Gasteiger partial charge on any atom is -0.449 e. The van der Waals surface area contributed by atoms with Gasteiger partial charge in [0.25, 0.3) is 0 Å². The molecule has 0 saturated carbocycles. The number of thiazole rings is 1. The number of aromatic nitrogens is 3. The van der Waals surface area contributed by atoms with E-state index in [4.69, 9.17) is 9.40 Å². The van der Waals surface area contributed by atoms with Crippen LogP contribution in [0.3, 0.4) is 0 Å². The van der Waals surface area contributed by atoms with E-state index in [2.05, 4.69) is 41.7 Å². The van der Waals surface area contributed by atoms with Crippen LogP contribution in [0.15, 0.2) is 22.9 Å². The van der Waals surface area contributed by atoms with Gasteiger partial charge in [-0.1, -0.05) is 11.3 Å². The van der Waals surface area contributed by atoms with E-state index < -0.39 is 0 Å². The molecule has 3 aromatic rings. The van der Waals surface area contributed by atoms with Gasteiger partial charge < -0.3 is 9.32 Å². The van der Waals surface area contributed by atoms with Crippen LogP contribution < -0.4 is 4.90 Å². The Morgan fingerprint density at radius 2 is 2.17 bits per heavy atom. The number of anilines is 1. The third-order valence-corrected chi connectivity index (χ3v) is 6.04. The summed E-state index contributed by atoms with van der Waals surface area (Å²) in [7, 11) is 0. The van der Waals surface area contributed by atoms with Crippen molar-refractivity contribution in [1.29, 1.82) is 0 Å². The molecule has 24 heavy (non-hydrogen) atoms. The minimum absolute atomic E-state index is 0.246. The molecule has 126 valence electrons. The number of nitrogens with zero attached hydrogens (tertiary/aromatic N) is 4. The Hall–Kier alpha value is -1.95. The molecule has 5 nitrogen and oxygen atoms in total. The molecule has 1 saturated heterocycles. The molecule has 3 aromatic heterocycles. The quantitative estimate of drug-likeness (QED) is 0.710. The zero-order valence-corrected chi connectivity index (χ0v) is 15.4. The van der Waals surface area contributed by atoms with Gasteiger partial charge in [0, 0.05) is 31.1 Å². The molecule has 0 N–H and O–H groups in total. The van der Waals surface area contributed by atoms with Gasteiger partial charge in [-0.3, -0.25) is 0 Å². The standard InChI is InChI=1S/C18H22N4OS/c1-11-6-5-7-22(11)17-21-16-14(24-17)8-13(9-19-16)18(3,4)15-10-23-12(2)20-15/h8-11H,5-7H2,1-4H3/t11-/m0/s1. The van der Waals surface area contributed by atoms with Crippen molar-refractivity contribution in [2.45, 2.75) is 52.0 Å². The summed E-state index contributed by atoms with van der Waals surface area (Å²) in [6.07, 6.45) is 6.15. The van der Waals surface area contributed by atoms with E-state index in [0.29, 0.717) is 11.9 Å². The number of fused-ring (bicyclic) bond motifs is 1. The molecule has 1 fully saturated rings. The monoisotopic (exact) mass is 342 g/mol. The molecule has 6 heteroatoms. The molecule has 1 aliphatic rings. The Bertz CT molecular complexity index is 882. The molecule has 0 amide bonds. The topological polar surface area (TPSA) is 55.1 Å². The lowest BCUT2D eigenvalue weighted by molar-refractivity contribution is 0.517. The first-order valence-electron chi connectivity index (χ1n) is 8.41. The van der Waals surface area contributed by atoms with E-state index in [-0.39, 0.29) is 5.41 Å². The smallest absolute Gasteiger partial charge is 0.191 e. The number of rotatable bonds is 3. The van der Waals surface area contributed by atoms with Crippen molar-refractivity contribution in [1.82, 2.24) is 15.0 Å². The fourth-order valence-electron chi connectivity index (χ4n) is 3.29. The fourth-order valence-corrected chi connectivity index (χ4v) is 4.38. The Balaban J connectivity index is 1.73. The maximum Gasteiger partial charge on any atom is 0.191 e. The molecule has 1 atom stereocenters. The van der Waals surface area contributed by atoms with E-state index in [9.17, 15) is 0 Å². The third-order valence-electron chi connectivity index (χ3n) is 5.02. The lowest BCUT2D eigenvalue weighted by atomic mass is 9.83. The highest BCUT2D eigenvalue weighted by Gasteiger charge is 2.28. The molecule has 0 radical (unpaired) electrons. The first-order valence-corrected chi connectivity index (χ1v) is 9.23. The van der Waals surface area contributed by atoms with Gasteiger partial charge in [0.2, 0.25) is 0 Å². The summed E-state index contributed by atoms with van der Waals surface area (Å²) in [6, 6.07) is 2.77. The highest BCUT2D eigenvalue weighted by molar-refractivity contribution is 7.22. The summed E-state index contributed by atoms with van der Waals surface area (Å²) < 4.78 is 6.53. The van der Waals surface area contributed by atoms with Gasteiger partial charge in [-0.15, -0.1) is 0 Å². The maximum atomic E-state index is 5.40. The van der Waals surface area contributed by atoms with Crippen molar-refractivity contribution in [2.75, 3.05) is 11.4 Å². The van der Waals surface area contributed by atoms with Crippen LogP contribution in [0.1, 0.15) is 50.8 Å². The van der Waals surface area contributed by atoms with Crippen LogP contribution in [-0.2, 0) is 5.41 Å². The Kier molecular flexibility index (Phi) is 3.60. The minimum atomic E-state index is -0.246. The van der Waals surface area contributed by atoms with Crippen molar-refractivity contribution >= 4 is 26.8 Å². The lowest BCUT2D eigenvalue weighted by Gasteiger charge is -2.21. The summed E-state index contributed by atoms with van der Waals surface area (Å²) in [5.41, 5.74) is 2.65. The number of oxazole rings is 1. The van der Waals surface area contributed by atoms with Gasteiger partial charge in [0.05, 0.1) is 10.4 Å². The normalized spacial score (nSPS) is 18.7. The largest absolute Gasteiger partial charge is 0.449 e. The van der Waals surface area contributed by atoms with Gasteiger partial charge in [-0.2, -0.15) is 4.98 Å². The fraction of sp³-hybridized carbons (Fsp3) is 0.500. The SMILES string of the molecule is Cc1nc(C(C)(C)c2cnc3nc(N4CCC[C@@H]4C)sc3c2)co1. The van der Waals surface area contributed by atoms with Crippen LogP contribution in [0, 0.1) is 6.92 Å². The van der Waals surface area contributed by atoms with Crippen LogP contribution in [-0.4, -0.2) is 27.5 Å². The summed E-state index contributed by atoms with van der Waals surface area (Å²) in [6.45, 7) is 9.54. The van der Waals surface area contributed by atoms with Crippen molar-refractivity contribution in [3.63, 3.8) is 0 Å². The summed E-state index contributed by atoms with van der Waals surface area (Å²) in [4.78, 5) is 16.3. The molecule has 0 aromatic carbocycles. The maximum absolute atomic E-state index is 5.40. The van der Waals surface area contributed by atoms with Crippen LogP contribution >= 0.6 is 11.3 Å². The molecule has 0 aliphatic carbocycles. The van der Waals surface area contributed by atoms with E-state index in [1.54, 1.807) is 17.6 Å². The van der Waals surface area contributed by atoms with Gasteiger partial charge in [-0.25, -0.2) is 9.97 Å². The number of hydrogen-bond donors (Lipinski definition) is 0. The van der Waals surface area contributed by atoms with Crippen LogP contribution in [0.4, 0.5) is 5.13 Å². The Morgan fingerprint density at radius 3 is 2.83 bits per heavy atom. The van der Waals surface area contributed by atoms with Crippen molar-refractivity contribution < 1.29 is 4.42 Å². The second kappa shape index (κ2) is 5.55. The average molecular weight is 342 g/mol. The zero-order valence-electron chi connectivity index (χ0n) is 14.5. The predicted octanol–water partition coefficient (Wildman–Crippen LogP) is 4.30. The number of hydrogen-bond acceptors (Lipinski definition) is 6. The number of pyridine rings is 1. The van der Waals surface area contributed by atoms with Crippen molar-refractivity contribution in [3.05, 3.63) is 35.7 Å². The second-order valence-corrected chi connectivity index (χ2v) is 8.11. The van der Waals surface area contributed by atoms with E-state index in [0.717, 1.165) is 33.3 Å². The van der Waals surface area contributed by atoms with Crippen LogP contribution in [0.25, 0.3) is 10.3 Å². The summed E-state index contributed by atoms with van der Waals surface area (Å²) >= 11 is 1.74. The molecule has 0 bridgehead atoms. The molecule has 4 heterocycles. The third kappa shape index (κ3) is 2.49. The van der Waals surface area contributed by atoms with Gasteiger partial charge in [0.15, 0.2) is 16.7 Å². The van der Waals surface area contributed by atoms with E-state index in [1.807, 2.05) is 13.1 Å². The highest BCUT2D eigenvalue weighted by atomic mass is 32.1. The van der Waals surface area contributed by atoms with Gasteiger partial charge in [0.1, 0.15) is 6.26 Å². The lowest BCUT2D eigenvalue weighted by Crippen LogP contribution is -2.25. The Labute approximate surface area is 145 Å². The summed E-state index contributed by atoms with van der Waals surface area (Å²) in [5, 5.41) is 1.09. The first kappa shape index (κ1) is 15.6. The average Bonchev–Trinajstić information content (AvgIpc) is 3.25. The van der Waals surface area contributed by atoms with Crippen molar-refractivity contribution in [2.24, 2.45) is 0 Å². The molecule has 4 rings (SSSR count). The summed E-state index contributed by atoms with van der Waals surface area (Å²) in [5.74, 6) is 0.690. The second-order valence-electron chi connectivity index (χ2n) is 7.10. The van der Waals surface area contributed by atoms with E-state index >= 15 is 0 Å². The zero-order chi connectivity index (χ0) is 16.9. The first-order chi connectivity index (χ1) is 11.4. The van der Waals surface area contributed by atoms with Gasteiger partial charge >= 0.3 is 0 Å². The molecular formula is C18H22N4OS. The van der Waals surface area contributed by atoms with Crippen molar-refractivity contribution in [3.8, 4) is 0 Å². The molecule has 1 aliphatic heterocycles. The molecule has 0 unspecified atom stereocenters. The van der Waals surface area contributed by atoms with E-state index in [1.165, 1.54) is 12.8 Å². The van der Waals surface area contributed by atoms with Crippen LogP contribution in [0.5, 0.6) is 0 Å². The Morgan fingerprint density at radius 1 is 1.33 bits per heavy atom.